The number of para-hydroxylation sites is 1. The Hall–Kier alpha value is -1.33. The molecule has 0 saturated heterocycles. The Morgan fingerprint density at radius 1 is 1.32 bits per heavy atom. The summed E-state index contributed by atoms with van der Waals surface area (Å²) in [5, 5.41) is 0. The van der Waals surface area contributed by atoms with Crippen molar-refractivity contribution in [2.24, 2.45) is 0 Å². The number of hydrogen-bond donors (Lipinski definition) is 0. The van der Waals surface area contributed by atoms with Gasteiger partial charge in [0.05, 0.1) is 22.2 Å². The zero-order valence-electron chi connectivity index (χ0n) is 10.8. The topological polar surface area (TPSA) is 38.9 Å². The van der Waals surface area contributed by atoms with Crippen molar-refractivity contribution < 1.29 is 4.42 Å². The molecule has 0 amide bonds. The summed E-state index contributed by atoms with van der Waals surface area (Å²) in [5.41, 5.74) is 1.06. The van der Waals surface area contributed by atoms with Crippen LogP contribution in [0.2, 0.25) is 0 Å². The molecule has 5 heteroatoms. The van der Waals surface area contributed by atoms with E-state index in [4.69, 9.17) is 4.42 Å². The number of fused-ring (bicyclic) bond motifs is 1. The van der Waals surface area contributed by atoms with Crippen LogP contribution in [0, 0.1) is 0 Å². The minimum absolute atomic E-state index is 0.383. The summed E-state index contributed by atoms with van der Waals surface area (Å²) in [4.78, 5) is 8.88. The van der Waals surface area contributed by atoms with Crippen molar-refractivity contribution in [1.82, 2.24) is 9.97 Å². The van der Waals surface area contributed by atoms with Gasteiger partial charge in [-0.1, -0.05) is 37.7 Å². The average molecular weight is 290 g/mol. The number of aromatic nitrogens is 2. The van der Waals surface area contributed by atoms with Crippen LogP contribution in [0.1, 0.15) is 31.4 Å². The second-order valence-corrected chi connectivity index (χ2v) is 6.80. The maximum atomic E-state index is 5.69. The molecule has 0 aliphatic carbocycles. The number of benzene rings is 1. The van der Waals surface area contributed by atoms with Crippen molar-refractivity contribution in [1.29, 1.82) is 0 Å². The third kappa shape index (κ3) is 2.82. The second-order valence-electron chi connectivity index (χ2n) is 4.55. The molecule has 0 spiro atoms. The summed E-state index contributed by atoms with van der Waals surface area (Å²) in [5.74, 6) is 2.83. The molecule has 0 aliphatic heterocycles. The summed E-state index contributed by atoms with van der Waals surface area (Å²) in [6, 6.07) is 8.19. The van der Waals surface area contributed by atoms with E-state index in [9.17, 15) is 0 Å². The normalized spacial score (nSPS) is 11.5. The predicted octanol–water partition coefficient (Wildman–Crippen LogP) is 4.70. The first-order chi connectivity index (χ1) is 9.22. The van der Waals surface area contributed by atoms with E-state index in [0.29, 0.717) is 5.92 Å². The van der Waals surface area contributed by atoms with Gasteiger partial charge >= 0.3 is 0 Å². The lowest BCUT2D eigenvalue weighted by Crippen LogP contribution is -1.81. The Bertz CT molecular complexity index is 654. The highest BCUT2D eigenvalue weighted by molar-refractivity contribution is 8.00. The van der Waals surface area contributed by atoms with Gasteiger partial charge in [0.2, 0.25) is 5.89 Å². The number of thioether (sulfide) groups is 1. The van der Waals surface area contributed by atoms with Gasteiger partial charge in [0.1, 0.15) is 5.76 Å². The molecule has 0 fully saturated rings. The molecule has 0 N–H and O–H groups in total. The van der Waals surface area contributed by atoms with E-state index in [2.05, 4.69) is 29.9 Å². The number of oxazole rings is 1. The average Bonchev–Trinajstić information content (AvgIpc) is 3.02. The minimum Gasteiger partial charge on any atom is -0.445 e. The van der Waals surface area contributed by atoms with Crippen LogP contribution in [-0.2, 0) is 5.75 Å². The van der Waals surface area contributed by atoms with Crippen molar-refractivity contribution in [2.45, 2.75) is 29.9 Å². The zero-order chi connectivity index (χ0) is 13.2. The van der Waals surface area contributed by atoms with E-state index in [1.54, 1.807) is 23.1 Å². The molecule has 3 nitrogen and oxygen atoms in total. The first-order valence-electron chi connectivity index (χ1n) is 6.15. The fraction of sp³-hybridized carbons (Fsp3) is 0.286. The number of thiazole rings is 1. The van der Waals surface area contributed by atoms with Gasteiger partial charge in [-0.25, -0.2) is 9.97 Å². The van der Waals surface area contributed by atoms with E-state index in [1.807, 2.05) is 24.4 Å². The first kappa shape index (κ1) is 12.7. The molecular formula is C14H14N2OS2. The van der Waals surface area contributed by atoms with E-state index in [-0.39, 0.29) is 0 Å². The van der Waals surface area contributed by atoms with Gasteiger partial charge in [0.25, 0.3) is 0 Å². The highest BCUT2D eigenvalue weighted by Crippen LogP contribution is 2.31. The van der Waals surface area contributed by atoms with Crippen LogP contribution in [0.25, 0.3) is 10.2 Å². The number of rotatable bonds is 4. The number of hydrogen-bond acceptors (Lipinski definition) is 5. The van der Waals surface area contributed by atoms with E-state index >= 15 is 0 Å². The quantitative estimate of drug-likeness (QED) is 0.653. The Balaban J connectivity index is 1.71. The molecule has 19 heavy (non-hydrogen) atoms. The molecule has 2 aromatic heterocycles. The molecule has 0 saturated carbocycles. The van der Waals surface area contributed by atoms with E-state index < -0.39 is 0 Å². The molecule has 3 rings (SSSR count). The highest BCUT2D eigenvalue weighted by atomic mass is 32.2. The van der Waals surface area contributed by atoms with E-state index in [0.717, 1.165) is 27.3 Å². The third-order valence-corrected chi connectivity index (χ3v) is 4.90. The van der Waals surface area contributed by atoms with Crippen LogP contribution in [0.15, 0.2) is 39.2 Å². The predicted molar refractivity (Wildman–Crippen MR) is 79.8 cm³/mol. The molecule has 0 bridgehead atoms. The molecule has 2 heterocycles. The Labute approximate surface area is 120 Å². The largest absolute Gasteiger partial charge is 0.445 e. The Morgan fingerprint density at radius 3 is 2.89 bits per heavy atom. The van der Waals surface area contributed by atoms with Crippen molar-refractivity contribution in [2.75, 3.05) is 0 Å². The molecule has 98 valence electrons. The van der Waals surface area contributed by atoms with Gasteiger partial charge in [-0.05, 0) is 12.1 Å². The van der Waals surface area contributed by atoms with Crippen LogP contribution in [0.3, 0.4) is 0 Å². The molecular weight excluding hydrogens is 276 g/mol. The second kappa shape index (κ2) is 5.35. The SMILES string of the molecule is CC(C)c1cnc(CSc2nc3ccccc3s2)o1. The van der Waals surface area contributed by atoms with Gasteiger partial charge < -0.3 is 4.42 Å². The van der Waals surface area contributed by atoms with Gasteiger partial charge in [0.15, 0.2) is 4.34 Å². The fourth-order valence-corrected chi connectivity index (χ4v) is 3.62. The zero-order valence-corrected chi connectivity index (χ0v) is 12.4. The van der Waals surface area contributed by atoms with Crippen molar-refractivity contribution in [3.8, 4) is 0 Å². The number of nitrogens with zero attached hydrogens (tertiary/aromatic N) is 2. The van der Waals surface area contributed by atoms with Gasteiger partial charge in [0, 0.05) is 5.92 Å². The van der Waals surface area contributed by atoms with Crippen LogP contribution in [0.5, 0.6) is 0 Å². The van der Waals surface area contributed by atoms with Gasteiger partial charge in [-0.2, -0.15) is 0 Å². The monoisotopic (exact) mass is 290 g/mol. The minimum atomic E-state index is 0.383. The van der Waals surface area contributed by atoms with Crippen LogP contribution in [0.4, 0.5) is 0 Å². The molecule has 0 unspecified atom stereocenters. The summed E-state index contributed by atoms with van der Waals surface area (Å²) >= 11 is 3.39. The highest BCUT2D eigenvalue weighted by Gasteiger charge is 2.09. The molecule has 3 aromatic rings. The van der Waals surface area contributed by atoms with Crippen molar-refractivity contribution in [3.05, 3.63) is 42.1 Å². The van der Waals surface area contributed by atoms with Gasteiger partial charge in [-0.3, -0.25) is 0 Å². The van der Waals surface area contributed by atoms with Crippen molar-refractivity contribution in [3.63, 3.8) is 0 Å². The smallest absolute Gasteiger partial charge is 0.204 e. The molecule has 0 radical (unpaired) electrons. The third-order valence-electron chi connectivity index (χ3n) is 2.73. The van der Waals surface area contributed by atoms with Crippen LogP contribution < -0.4 is 0 Å². The maximum absolute atomic E-state index is 5.69. The fourth-order valence-electron chi connectivity index (χ4n) is 1.69. The summed E-state index contributed by atoms with van der Waals surface area (Å²) in [6.45, 7) is 4.20. The van der Waals surface area contributed by atoms with Crippen molar-refractivity contribution >= 4 is 33.3 Å². The molecule has 1 aromatic carbocycles. The molecule has 0 atom stereocenters. The standard InChI is InChI=1S/C14H14N2OS2/c1-9(2)11-7-15-13(17-11)8-18-14-16-10-5-3-4-6-12(10)19-14/h3-7,9H,8H2,1-2H3. The summed E-state index contributed by atoms with van der Waals surface area (Å²) in [6.07, 6.45) is 1.82. The van der Waals surface area contributed by atoms with E-state index in [1.165, 1.54) is 4.70 Å². The molecule has 0 aliphatic rings. The Morgan fingerprint density at radius 2 is 2.16 bits per heavy atom. The lowest BCUT2D eigenvalue weighted by atomic mass is 10.2. The maximum Gasteiger partial charge on any atom is 0.204 e. The lowest BCUT2D eigenvalue weighted by Gasteiger charge is -1.96. The Kier molecular flexibility index (Phi) is 3.57. The first-order valence-corrected chi connectivity index (χ1v) is 7.95. The lowest BCUT2D eigenvalue weighted by molar-refractivity contribution is 0.454. The summed E-state index contributed by atoms with van der Waals surface area (Å²) < 4.78 is 7.97. The van der Waals surface area contributed by atoms with Gasteiger partial charge in [-0.15, -0.1) is 11.3 Å². The van der Waals surface area contributed by atoms with Crippen LogP contribution >= 0.6 is 23.1 Å². The summed E-state index contributed by atoms with van der Waals surface area (Å²) in [7, 11) is 0. The van der Waals surface area contributed by atoms with Crippen LogP contribution in [-0.4, -0.2) is 9.97 Å².